The fraction of sp³-hybridized carbons (Fsp3) is 0.478. The monoisotopic (exact) mass is 1020 g/mol. The van der Waals surface area contributed by atoms with Crippen molar-refractivity contribution >= 4 is 40.3 Å². The van der Waals surface area contributed by atoms with E-state index in [2.05, 4.69) is 65.5 Å². The molecule has 0 unspecified atom stereocenters. The molecular weight excluding hydrogens is 925 g/mol. The lowest BCUT2D eigenvalue weighted by Gasteiger charge is -2.06. The van der Waals surface area contributed by atoms with Crippen molar-refractivity contribution < 1.29 is 28.8 Å². The van der Waals surface area contributed by atoms with Crippen LogP contribution in [-0.4, -0.2) is 34.7 Å². The van der Waals surface area contributed by atoms with Crippen LogP contribution in [0.3, 0.4) is 0 Å². The number of benzene rings is 3. The number of aryl methyl sites for hydroxylation is 2. The molecule has 0 bridgehead atoms. The zero-order valence-electron chi connectivity index (χ0n) is 47.6. The van der Waals surface area contributed by atoms with E-state index in [1.54, 1.807) is 0 Å². The summed E-state index contributed by atoms with van der Waals surface area (Å²) in [6.45, 7) is 20.8. The first-order valence-corrected chi connectivity index (χ1v) is 28.7. The zero-order valence-corrected chi connectivity index (χ0v) is 47.6. The Hall–Kier alpha value is -5.88. The molecule has 0 radical (unpaired) electrons. The molecule has 6 nitrogen and oxygen atoms in total. The first-order valence-electron chi connectivity index (χ1n) is 28.7. The van der Waals surface area contributed by atoms with Gasteiger partial charge in [-0.3, -0.25) is 28.8 Å². The minimum atomic E-state index is -0.0150. The molecule has 0 N–H and O–H groups in total. The van der Waals surface area contributed by atoms with Crippen LogP contribution in [0.5, 0.6) is 0 Å². The minimum Gasteiger partial charge on any atom is -0.295 e. The van der Waals surface area contributed by atoms with Crippen LogP contribution in [0.1, 0.15) is 228 Å². The molecule has 8 rings (SSSR count). The fourth-order valence-electron chi connectivity index (χ4n) is 9.62. The second-order valence-corrected chi connectivity index (χ2v) is 20.5. The highest BCUT2D eigenvalue weighted by atomic mass is 16.1. The molecule has 3 aromatic carbocycles. The van der Waals surface area contributed by atoms with Crippen molar-refractivity contribution in [2.75, 3.05) is 0 Å². The molecule has 3 aromatic rings. The van der Waals surface area contributed by atoms with Gasteiger partial charge in [-0.25, -0.2) is 0 Å². The first kappa shape index (κ1) is 63.4. The number of rotatable bonds is 19. The smallest absolute Gasteiger partial charge is 0.193 e. The van der Waals surface area contributed by atoms with Gasteiger partial charge in [0.1, 0.15) is 0 Å². The summed E-state index contributed by atoms with van der Waals surface area (Å²) in [4.78, 5) is 68.2. The predicted molar refractivity (Wildman–Crippen MR) is 314 cm³/mol. The highest BCUT2D eigenvalue weighted by Gasteiger charge is 2.21. The van der Waals surface area contributed by atoms with Gasteiger partial charge in [-0.05, 0) is 143 Å². The van der Waals surface area contributed by atoms with E-state index in [9.17, 15) is 28.8 Å². The van der Waals surface area contributed by atoms with Crippen molar-refractivity contribution in [1.82, 2.24) is 0 Å². The van der Waals surface area contributed by atoms with Gasteiger partial charge in [-0.1, -0.05) is 199 Å². The molecule has 6 heteroatoms. The summed E-state index contributed by atoms with van der Waals surface area (Å²) in [6, 6.07) is 25.6. The lowest BCUT2D eigenvalue weighted by Crippen LogP contribution is -2.01. The van der Waals surface area contributed by atoms with Crippen molar-refractivity contribution in [1.29, 1.82) is 0 Å². The second-order valence-electron chi connectivity index (χ2n) is 20.5. The van der Waals surface area contributed by atoms with E-state index >= 15 is 0 Å². The average molecular weight is 1020 g/mol. The molecular formula is C69H92O6. The summed E-state index contributed by atoms with van der Waals surface area (Å²) < 4.78 is 0. The Labute approximate surface area is 453 Å². The van der Waals surface area contributed by atoms with Crippen LogP contribution in [0.4, 0.5) is 0 Å². The lowest BCUT2D eigenvalue weighted by molar-refractivity contribution is -0.115. The Bertz CT molecular complexity index is 2430. The third kappa shape index (κ3) is 23.3. The van der Waals surface area contributed by atoms with Crippen LogP contribution in [0.25, 0.3) is 5.57 Å². The summed E-state index contributed by atoms with van der Waals surface area (Å²) in [5, 5.41) is 0. The number of hydrogen-bond acceptors (Lipinski definition) is 6. The standard InChI is InChI=1S/C17H16O.C12H12O.C12H20O.C11H18O.C10H16O.C7H10O/c1-12-4-8-15(9-5-12)14(3)17(18)16-10-6-13(2)7-11-16;13-12-8-4-7-11(12)9-10-5-2-1-3-6-10;1-3-5-6-7-11-10(4-2)8-9-12(11)13;1-3-4-5-6-10-9(2)7-8-11(10)12;1-2-3-4-6-9-7-5-8-10(9)11;1-2-6-4-3-5-7(6)8/h4-11H,3H2,1-2H3;1-3,5-7H,4,8-9H2;3-9H2,1-2H3;3-8H2,1-2H3;7H,2-6,8H2,1H3;4H,2-3,5H2,1H3. The predicted octanol–water partition coefficient (Wildman–Crippen LogP) is 18.1. The molecule has 0 aromatic heterocycles. The van der Waals surface area contributed by atoms with Gasteiger partial charge in [0.05, 0.1) is 0 Å². The van der Waals surface area contributed by atoms with Gasteiger partial charge in [0.25, 0.3) is 0 Å². The zero-order chi connectivity index (χ0) is 55.0. The molecule has 0 spiro atoms. The molecule has 0 heterocycles. The summed E-state index contributed by atoms with van der Waals surface area (Å²) in [5.41, 5.74) is 13.9. The molecule has 0 fully saturated rings. The Balaban J connectivity index is 0.000000241. The molecule has 0 saturated heterocycles. The highest BCUT2D eigenvalue weighted by molar-refractivity contribution is 6.28. The molecule has 0 amide bonds. The van der Waals surface area contributed by atoms with E-state index in [0.29, 0.717) is 46.5 Å². The van der Waals surface area contributed by atoms with Gasteiger partial charge in [-0.2, -0.15) is 0 Å². The maximum absolute atomic E-state index is 12.2. The van der Waals surface area contributed by atoms with E-state index in [0.717, 1.165) is 130 Å². The van der Waals surface area contributed by atoms with Crippen LogP contribution >= 0.6 is 0 Å². The van der Waals surface area contributed by atoms with E-state index in [1.807, 2.05) is 93.6 Å². The van der Waals surface area contributed by atoms with E-state index in [1.165, 1.54) is 85.6 Å². The van der Waals surface area contributed by atoms with E-state index in [-0.39, 0.29) is 5.78 Å². The van der Waals surface area contributed by atoms with Crippen LogP contribution in [0, 0.1) is 13.8 Å². The normalized spacial score (nSPS) is 15.6. The molecule has 404 valence electrons. The second kappa shape index (κ2) is 36.2. The number of carbonyl (C=O) groups excluding carboxylic acids is 6. The Morgan fingerprint density at radius 3 is 1.33 bits per heavy atom. The maximum atomic E-state index is 12.2. The minimum absolute atomic E-state index is 0.0150. The third-order valence-electron chi connectivity index (χ3n) is 14.5. The Morgan fingerprint density at radius 1 is 0.440 bits per heavy atom. The quantitative estimate of drug-likeness (QED) is 0.0673. The molecule has 0 aliphatic heterocycles. The number of hydrogen-bond donors (Lipinski definition) is 0. The Morgan fingerprint density at radius 2 is 0.893 bits per heavy atom. The number of Topliss-reactive ketones (excluding diaryl/α,β-unsaturated/α-hetero) is 6. The van der Waals surface area contributed by atoms with Crippen molar-refractivity contribution in [2.45, 2.75) is 216 Å². The molecule has 5 aliphatic rings. The van der Waals surface area contributed by atoms with Crippen molar-refractivity contribution in [3.63, 3.8) is 0 Å². The molecule has 0 atom stereocenters. The lowest BCUT2D eigenvalue weighted by atomic mass is 9.97. The topological polar surface area (TPSA) is 102 Å². The molecule has 0 saturated carbocycles. The highest BCUT2D eigenvalue weighted by Crippen LogP contribution is 2.29. The van der Waals surface area contributed by atoms with Gasteiger partial charge in [0, 0.05) is 49.7 Å². The van der Waals surface area contributed by atoms with Gasteiger partial charge < -0.3 is 0 Å². The van der Waals surface area contributed by atoms with Gasteiger partial charge in [-0.15, -0.1) is 0 Å². The number of carbonyl (C=O) groups is 6. The van der Waals surface area contributed by atoms with E-state index in [4.69, 9.17) is 0 Å². The molecule has 75 heavy (non-hydrogen) atoms. The van der Waals surface area contributed by atoms with E-state index < -0.39 is 0 Å². The van der Waals surface area contributed by atoms with Crippen LogP contribution in [-0.2, 0) is 30.4 Å². The first-order chi connectivity index (χ1) is 36.2. The summed E-state index contributed by atoms with van der Waals surface area (Å²) in [6.07, 6.45) is 31.9. The maximum Gasteiger partial charge on any atom is 0.193 e. The van der Waals surface area contributed by atoms with Crippen molar-refractivity contribution in [3.05, 3.63) is 170 Å². The summed E-state index contributed by atoms with van der Waals surface area (Å²) >= 11 is 0. The summed E-state index contributed by atoms with van der Waals surface area (Å²) in [5.74, 6) is 1.88. The average Bonchev–Trinajstić information content (AvgIpc) is 4.28. The van der Waals surface area contributed by atoms with Gasteiger partial charge in [0.15, 0.2) is 34.7 Å². The van der Waals surface area contributed by atoms with Crippen molar-refractivity contribution in [3.8, 4) is 0 Å². The van der Waals surface area contributed by atoms with Gasteiger partial charge >= 0.3 is 0 Å². The SMILES string of the molecule is C=C(C(=O)c1ccc(C)cc1)c1ccc(C)cc1.CCC1=CCCC1=O.CCCCCC1=C(C)CCC1=O.CCCCCC1=C(CC)CCC1=O.CCCCCC1=CCCC1=O.O=C1CCC=C1Cc1ccccc1. The number of ketones is 6. The summed E-state index contributed by atoms with van der Waals surface area (Å²) in [7, 11) is 0. The number of allylic oxidation sites excluding steroid dienone is 11. The Kier molecular flexibility index (Phi) is 30.6. The fourth-order valence-corrected chi connectivity index (χ4v) is 9.62. The van der Waals surface area contributed by atoms with Crippen LogP contribution < -0.4 is 0 Å². The van der Waals surface area contributed by atoms with Crippen LogP contribution in [0.15, 0.2) is 143 Å². The van der Waals surface area contributed by atoms with Crippen molar-refractivity contribution in [2.24, 2.45) is 0 Å². The van der Waals surface area contributed by atoms with Gasteiger partial charge in [0.2, 0.25) is 0 Å². The molecule has 5 aliphatic carbocycles. The van der Waals surface area contributed by atoms with Crippen LogP contribution in [0.2, 0.25) is 0 Å². The third-order valence-corrected chi connectivity index (χ3v) is 14.5. The number of unbranched alkanes of at least 4 members (excludes halogenated alkanes) is 6. The largest absolute Gasteiger partial charge is 0.295 e.